The lowest BCUT2D eigenvalue weighted by atomic mass is 10.1. The number of H-pyrrole nitrogens is 1. The summed E-state index contributed by atoms with van der Waals surface area (Å²) in [5, 5.41) is 10.9. The number of carbonyl (C=O) groups excluding carboxylic acids is 1. The van der Waals surface area contributed by atoms with Gasteiger partial charge in [-0.25, -0.2) is 19.2 Å². The number of anilines is 2. The van der Waals surface area contributed by atoms with E-state index in [0.29, 0.717) is 57.2 Å². The van der Waals surface area contributed by atoms with Gasteiger partial charge in [-0.15, -0.1) is 0 Å². The summed E-state index contributed by atoms with van der Waals surface area (Å²) in [6.45, 7) is 3.34. The summed E-state index contributed by atoms with van der Waals surface area (Å²) >= 11 is 0. The monoisotopic (exact) mass is 519 g/mol. The Labute approximate surface area is 216 Å². The van der Waals surface area contributed by atoms with E-state index in [4.69, 9.17) is 4.74 Å². The first kappa shape index (κ1) is 23.9. The Morgan fingerprint density at radius 3 is 2.58 bits per heavy atom. The number of aromatic amines is 1. The van der Waals surface area contributed by atoms with Gasteiger partial charge in [-0.1, -0.05) is 12.1 Å². The zero-order valence-corrected chi connectivity index (χ0v) is 20.7. The Bertz CT molecular complexity index is 1580. The second-order valence-corrected chi connectivity index (χ2v) is 9.41. The molecule has 11 nitrogen and oxygen atoms in total. The fraction of sp³-hybridized carbons (Fsp3) is 0.308. The number of hydrogen-bond acceptors (Lipinski definition) is 7. The molecule has 4 aromatic rings. The number of nitrogens with one attached hydrogen (secondary N) is 1. The van der Waals surface area contributed by atoms with Crippen LogP contribution in [-0.4, -0.2) is 81.8 Å². The van der Waals surface area contributed by atoms with E-state index in [0.717, 1.165) is 11.3 Å². The van der Waals surface area contributed by atoms with E-state index in [1.165, 1.54) is 16.5 Å². The summed E-state index contributed by atoms with van der Waals surface area (Å²) in [5.74, 6) is -0.660. The maximum Gasteiger partial charge on any atom is 0.324 e. The van der Waals surface area contributed by atoms with Crippen LogP contribution in [0.1, 0.15) is 11.3 Å². The highest BCUT2D eigenvalue weighted by atomic mass is 19.1. The van der Waals surface area contributed by atoms with E-state index in [-0.39, 0.29) is 29.0 Å². The first-order valence-electron chi connectivity index (χ1n) is 12.3. The molecule has 6 rings (SSSR count). The fourth-order valence-corrected chi connectivity index (χ4v) is 4.82. The van der Waals surface area contributed by atoms with Crippen molar-refractivity contribution in [1.82, 2.24) is 24.3 Å². The number of fused-ring (bicyclic) bond motifs is 1. The van der Waals surface area contributed by atoms with E-state index in [1.54, 1.807) is 41.4 Å². The third kappa shape index (κ3) is 4.22. The van der Waals surface area contributed by atoms with E-state index >= 15 is 0 Å². The van der Waals surface area contributed by atoms with E-state index in [1.807, 2.05) is 6.07 Å². The first-order valence-corrected chi connectivity index (χ1v) is 12.3. The summed E-state index contributed by atoms with van der Waals surface area (Å²) < 4.78 is 20.0. The summed E-state index contributed by atoms with van der Waals surface area (Å²) in [4.78, 5) is 43.8. The van der Waals surface area contributed by atoms with Crippen molar-refractivity contribution in [1.29, 1.82) is 0 Å². The Balaban J connectivity index is 1.46. The smallest absolute Gasteiger partial charge is 0.324 e. The predicted octanol–water partition coefficient (Wildman–Crippen LogP) is 2.23. The van der Waals surface area contributed by atoms with Gasteiger partial charge in [-0.05, 0) is 23.8 Å². The number of morpholine rings is 1. The summed E-state index contributed by atoms with van der Waals surface area (Å²) in [5.41, 5.74) is 2.33. The normalized spacial score (nSPS) is 16.2. The number of halogens is 1. The van der Waals surface area contributed by atoms with E-state index in [9.17, 15) is 19.1 Å². The van der Waals surface area contributed by atoms with Crippen molar-refractivity contribution >= 4 is 23.1 Å². The second kappa shape index (κ2) is 9.45. The number of benzene rings is 1. The molecular weight excluding hydrogens is 493 g/mol. The van der Waals surface area contributed by atoms with Crippen LogP contribution in [0, 0.1) is 5.82 Å². The number of aromatic nitrogens is 4. The van der Waals surface area contributed by atoms with Crippen LogP contribution < -0.4 is 15.4 Å². The topological polar surface area (TPSA) is 119 Å². The average Bonchev–Trinajstić information content (AvgIpc) is 3.53. The Hall–Kier alpha value is -4.45. The van der Waals surface area contributed by atoms with Gasteiger partial charge in [0.1, 0.15) is 5.82 Å². The molecular formula is C26H26FN7O4. The van der Waals surface area contributed by atoms with Crippen LogP contribution in [0.15, 0.2) is 47.5 Å². The SMILES string of the molecule is CN1CCN(c2cc(N3CCOCC3)cn3c(=O)c(O)c(-c4ncc(Cc5ccc(F)cc5)[nH]4)nc23)C1=O. The van der Waals surface area contributed by atoms with Crippen LogP contribution in [0.2, 0.25) is 0 Å². The van der Waals surface area contributed by atoms with Gasteiger partial charge < -0.3 is 24.6 Å². The lowest BCUT2D eigenvalue weighted by Crippen LogP contribution is -2.37. The molecule has 2 saturated heterocycles. The molecule has 38 heavy (non-hydrogen) atoms. The second-order valence-electron chi connectivity index (χ2n) is 9.41. The zero-order valence-electron chi connectivity index (χ0n) is 20.7. The molecule has 0 spiro atoms. The Morgan fingerprint density at radius 1 is 1.11 bits per heavy atom. The lowest BCUT2D eigenvalue weighted by Gasteiger charge is -2.30. The molecule has 12 heteroatoms. The predicted molar refractivity (Wildman–Crippen MR) is 138 cm³/mol. The summed E-state index contributed by atoms with van der Waals surface area (Å²) in [6.07, 6.45) is 3.67. The van der Waals surface area contributed by atoms with Gasteiger partial charge >= 0.3 is 11.6 Å². The van der Waals surface area contributed by atoms with Crippen LogP contribution in [0.5, 0.6) is 5.75 Å². The molecule has 196 valence electrons. The molecule has 5 heterocycles. The minimum atomic E-state index is -0.669. The molecule has 3 aromatic heterocycles. The lowest BCUT2D eigenvalue weighted by molar-refractivity contribution is 0.122. The van der Waals surface area contributed by atoms with Crippen LogP contribution in [-0.2, 0) is 11.2 Å². The molecule has 0 aliphatic carbocycles. The summed E-state index contributed by atoms with van der Waals surface area (Å²) in [7, 11) is 1.72. The molecule has 2 N–H and O–H groups in total. The maximum atomic E-state index is 13.4. The van der Waals surface area contributed by atoms with Gasteiger partial charge in [0.25, 0.3) is 0 Å². The standard InChI is InChI=1S/C26H26FN7O4/c1-31-6-7-33(26(31)37)20-13-19(32-8-10-38-11-9-32)15-34-24(20)30-21(22(35)25(34)36)23-28-14-18(29-23)12-16-2-4-17(27)5-3-16/h2-5,13-15,35H,6-12H2,1H3,(H,28,29). The van der Waals surface area contributed by atoms with Crippen molar-refractivity contribution in [3.05, 3.63) is 70.2 Å². The van der Waals surface area contributed by atoms with Gasteiger partial charge in [0.2, 0.25) is 5.75 Å². The quantitative estimate of drug-likeness (QED) is 0.415. The highest BCUT2D eigenvalue weighted by molar-refractivity contribution is 5.98. The van der Waals surface area contributed by atoms with Crippen molar-refractivity contribution in [2.45, 2.75) is 6.42 Å². The minimum Gasteiger partial charge on any atom is -0.501 e. The van der Waals surface area contributed by atoms with Gasteiger partial charge in [-0.2, -0.15) is 0 Å². The number of nitrogens with zero attached hydrogens (tertiary/aromatic N) is 6. The minimum absolute atomic E-state index is 0.0132. The van der Waals surface area contributed by atoms with E-state index in [2.05, 4.69) is 19.9 Å². The number of carbonyl (C=O) groups is 1. The Kier molecular flexibility index (Phi) is 5.95. The molecule has 1 aromatic carbocycles. The van der Waals surface area contributed by atoms with Gasteiger partial charge in [0, 0.05) is 57.7 Å². The number of ether oxygens (including phenoxy) is 1. The molecule has 0 unspecified atom stereocenters. The van der Waals surface area contributed by atoms with Crippen molar-refractivity contribution in [3.63, 3.8) is 0 Å². The molecule has 2 aliphatic rings. The fourth-order valence-electron chi connectivity index (χ4n) is 4.82. The molecule has 0 atom stereocenters. The van der Waals surface area contributed by atoms with Crippen LogP contribution in [0.4, 0.5) is 20.6 Å². The maximum absolute atomic E-state index is 13.4. The molecule has 0 saturated carbocycles. The van der Waals surface area contributed by atoms with Crippen molar-refractivity contribution in [2.75, 3.05) is 56.2 Å². The van der Waals surface area contributed by atoms with Gasteiger partial charge in [-0.3, -0.25) is 14.1 Å². The molecule has 2 amide bonds. The average molecular weight is 520 g/mol. The zero-order chi connectivity index (χ0) is 26.4. The molecule has 2 aliphatic heterocycles. The van der Waals surface area contributed by atoms with Crippen molar-refractivity contribution in [2.24, 2.45) is 0 Å². The van der Waals surface area contributed by atoms with Crippen LogP contribution >= 0.6 is 0 Å². The number of amides is 2. The highest BCUT2D eigenvalue weighted by Crippen LogP contribution is 2.32. The highest BCUT2D eigenvalue weighted by Gasteiger charge is 2.31. The van der Waals surface area contributed by atoms with Crippen molar-refractivity contribution in [3.8, 4) is 17.3 Å². The van der Waals surface area contributed by atoms with Gasteiger partial charge in [0.15, 0.2) is 17.2 Å². The third-order valence-electron chi connectivity index (χ3n) is 6.91. The largest absolute Gasteiger partial charge is 0.501 e. The van der Waals surface area contributed by atoms with Gasteiger partial charge in [0.05, 0.1) is 24.6 Å². The van der Waals surface area contributed by atoms with Crippen molar-refractivity contribution < 1.29 is 19.0 Å². The molecule has 0 radical (unpaired) electrons. The number of hydrogen-bond donors (Lipinski definition) is 2. The number of imidazole rings is 1. The first-order chi connectivity index (χ1) is 18.4. The number of pyridine rings is 1. The number of likely N-dealkylation sites (N-methyl/N-ethyl adjacent to an activating group) is 1. The molecule has 0 bridgehead atoms. The number of urea groups is 1. The number of aromatic hydroxyl groups is 1. The number of rotatable bonds is 5. The third-order valence-corrected chi connectivity index (χ3v) is 6.91. The Morgan fingerprint density at radius 2 is 1.87 bits per heavy atom. The van der Waals surface area contributed by atoms with Crippen LogP contribution in [0.3, 0.4) is 0 Å². The molecule has 2 fully saturated rings. The van der Waals surface area contributed by atoms with Crippen LogP contribution in [0.25, 0.3) is 17.2 Å². The van der Waals surface area contributed by atoms with E-state index < -0.39 is 11.3 Å². The summed E-state index contributed by atoms with van der Waals surface area (Å²) in [6, 6.07) is 7.77.